The van der Waals surface area contributed by atoms with Crippen molar-refractivity contribution in [2.75, 3.05) is 98.9 Å². The minimum absolute atomic E-state index is 0.0150. The Morgan fingerprint density at radius 3 is 1.17 bits per heavy atom. The van der Waals surface area contributed by atoms with Crippen LogP contribution in [0.15, 0.2) is 0 Å². The summed E-state index contributed by atoms with van der Waals surface area (Å²) in [7, 11) is 0. The maximum Gasteiger partial charge on any atom is 0.222 e. The quantitative estimate of drug-likeness (QED) is 0.0378. The number of carbonyl (C=O) groups excluding carboxylic acids is 10. The molecule has 3 aliphatic rings. The summed E-state index contributed by atoms with van der Waals surface area (Å²) in [6.45, 7) is 9.93. The number of amides is 6. The van der Waals surface area contributed by atoms with Gasteiger partial charge in [-0.25, -0.2) is 0 Å². The molecule has 0 aliphatic carbocycles. The predicted octanol–water partition coefficient (Wildman–Crippen LogP) is 1.03. The molecular formula is C79H142N6O29. The van der Waals surface area contributed by atoms with Gasteiger partial charge in [0.2, 0.25) is 35.4 Å². The van der Waals surface area contributed by atoms with E-state index in [1.54, 1.807) is 6.92 Å². The summed E-state index contributed by atoms with van der Waals surface area (Å²) in [5.41, 5.74) is -1.44. The van der Waals surface area contributed by atoms with Gasteiger partial charge in [0.25, 0.3) is 0 Å². The molecule has 3 fully saturated rings. The third-order valence-corrected chi connectivity index (χ3v) is 19.5. The number of carbonyl (C=O) groups is 10. The fourth-order valence-corrected chi connectivity index (χ4v) is 12.7. The van der Waals surface area contributed by atoms with Crippen LogP contribution < -0.4 is 31.9 Å². The first-order valence-electron chi connectivity index (χ1n) is 41.4. The molecule has 662 valence electrons. The Labute approximate surface area is 672 Å². The van der Waals surface area contributed by atoms with Crippen molar-refractivity contribution in [3.63, 3.8) is 0 Å². The Kier molecular flexibility index (Phi) is 57.8. The average Bonchev–Trinajstić information content (AvgIpc) is 0.805. The van der Waals surface area contributed by atoms with Crippen LogP contribution >= 0.6 is 0 Å². The van der Waals surface area contributed by atoms with Gasteiger partial charge in [0.15, 0.2) is 18.9 Å². The zero-order valence-corrected chi connectivity index (χ0v) is 68.5. The van der Waals surface area contributed by atoms with E-state index >= 15 is 0 Å². The minimum Gasteiger partial charge on any atom is -0.394 e. The van der Waals surface area contributed by atoms with Gasteiger partial charge in [-0.15, -0.1) is 0 Å². The van der Waals surface area contributed by atoms with Crippen molar-refractivity contribution in [1.29, 1.82) is 0 Å². The summed E-state index contributed by atoms with van der Waals surface area (Å²) >= 11 is 0. The minimum atomic E-state index is -1.44. The highest BCUT2D eigenvalue weighted by molar-refractivity contribution is 5.81. The first-order chi connectivity index (χ1) is 54.5. The molecule has 3 saturated heterocycles. The summed E-state index contributed by atoms with van der Waals surface area (Å²) in [5.74, 6) is -2.00. The standard InChI is InChI=1S/C58H104N6O22.C21H38O7/c1-39(2)82-29-13-6-5-12-26-59-47(73)22-16-23-49(75)64-58(36-67,37-80-32-24-43(71)19-9-7-8-18-42(70)20-10-14-30-83-56-50(62-40(3)68)54(78)52(76)44(34-65)85-56)38-81-33-25-48(74)61-28-17-27-60-46(72)21-11-15-31-84-57-51(63-41(4)69)55(79)53(77)45(35-66)86-57;1-3-9-16(23)10-5-4-6-11-17(24)12-7-8-13-27-21-15(2)19(25)20(26)18(14-22)28-21/h39,44-45,50-57,65-67,76-79H,5-38H2,1-4H3,(H,59,73)(H,60,72)(H,61,74)(H,62,68)(H,63,69)(H,64,75);15,18-22,25-26H,3-14H2,1-2H3/t44?,45?,50?,51?,52-,53-,54+,55+,56+,57+,58?;15?,18?,19-,20+,21-/m01/s1. The van der Waals surface area contributed by atoms with Gasteiger partial charge in [0, 0.05) is 143 Å². The second-order valence-corrected chi connectivity index (χ2v) is 30.1. The Balaban J connectivity index is 0.00000132. The highest BCUT2D eigenvalue weighted by atomic mass is 16.7. The fraction of sp³-hybridized carbons (Fsp3) is 0.873. The van der Waals surface area contributed by atoms with Crippen molar-refractivity contribution < 1.29 is 142 Å². The first kappa shape index (κ1) is 105. The van der Waals surface area contributed by atoms with Crippen molar-refractivity contribution in [1.82, 2.24) is 31.9 Å². The van der Waals surface area contributed by atoms with Crippen molar-refractivity contribution in [2.24, 2.45) is 5.92 Å². The van der Waals surface area contributed by atoms with Crippen LogP contribution in [0.2, 0.25) is 0 Å². The van der Waals surface area contributed by atoms with Gasteiger partial charge in [-0.2, -0.15) is 0 Å². The Bertz CT molecular complexity index is 2580. The predicted molar refractivity (Wildman–Crippen MR) is 414 cm³/mol. The molecule has 6 amide bonds. The van der Waals surface area contributed by atoms with Gasteiger partial charge in [-0.1, -0.05) is 39.5 Å². The van der Waals surface area contributed by atoms with Crippen molar-refractivity contribution in [3.8, 4) is 0 Å². The van der Waals surface area contributed by atoms with E-state index in [1.807, 2.05) is 20.8 Å². The lowest BCUT2D eigenvalue weighted by molar-refractivity contribution is -0.282. The van der Waals surface area contributed by atoms with Crippen LogP contribution in [0.25, 0.3) is 0 Å². The van der Waals surface area contributed by atoms with E-state index in [4.69, 9.17) is 42.6 Å². The molecule has 35 nitrogen and oxygen atoms in total. The van der Waals surface area contributed by atoms with Crippen LogP contribution in [0, 0.1) is 5.92 Å². The number of unbranched alkanes of at least 4 members (excludes halogenated alkanes) is 10. The molecule has 16 N–H and O–H groups in total. The van der Waals surface area contributed by atoms with Crippen molar-refractivity contribution >= 4 is 58.6 Å². The SMILES string of the molecule is CC(=O)NC1[C@H](OCCCCC(=O)CCCCCC(=O)CCOCC(CO)(COCCC(=O)NCCCNC(=O)CCCCO[C@@H]2OC(CO)[C@H](O)[C@H](O)C2NC(C)=O)NC(=O)CCCC(=O)NCCCCCCOC(C)C)OC(CO)[C@H](O)[C@@H]1O.CCCC(=O)CCCCCC(=O)CCCCO[C@@H]1OC(CO)[C@H](O)[C@H](O)C1C. The summed E-state index contributed by atoms with van der Waals surface area (Å²) in [4.78, 5) is 123. The van der Waals surface area contributed by atoms with E-state index in [0.717, 1.165) is 57.8 Å². The van der Waals surface area contributed by atoms with Gasteiger partial charge >= 0.3 is 0 Å². The topological polar surface area (TPSA) is 528 Å². The number of hydrogen-bond acceptors (Lipinski definition) is 29. The molecule has 0 spiro atoms. The molecule has 0 aromatic carbocycles. The molecule has 7 unspecified atom stereocenters. The van der Waals surface area contributed by atoms with Crippen molar-refractivity contribution in [3.05, 3.63) is 0 Å². The summed E-state index contributed by atoms with van der Waals surface area (Å²) < 4.78 is 50.8. The van der Waals surface area contributed by atoms with Crippen molar-refractivity contribution in [2.45, 2.75) is 338 Å². The maximum absolute atomic E-state index is 13.2. The van der Waals surface area contributed by atoms with Gasteiger partial charge < -0.3 is 126 Å². The van der Waals surface area contributed by atoms with Gasteiger partial charge in [0.1, 0.15) is 89.6 Å². The largest absolute Gasteiger partial charge is 0.394 e. The molecule has 3 aliphatic heterocycles. The second kappa shape index (κ2) is 62.9. The number of ether oxygens (including phenoxy) is 9. The summed E-state index contributed by atoms with van der Waals surface area (Å²) in [6, 6.07) is -2.11. The molecule has 3 rings (SSSR count). The number of ketones is 4. The molecule has 114 heavy (non-hydrogen) atoms. The Morgan fingerprint density at radius 1 is 0.377 bits per heavy atom. The second-order valence-electron chi connectivity index (χ2n) is 30.1. The van der Waals surface area contributed by atoms with Gasteiger partial charge in [-0.05, 0) is 110 Å². The van der Waals surface area contributed by atoms with Crippen LogP contribution in [0.5, 0.6) is 0 Å². The highest BCUT2D eigenvalue weighted by Crippen LogP contribution is 2.28. The zero-order valence-electron chi connectivity index (χ0n) is 68.5. The number of hydrogen-bond donors (Lipinski definition) is 16. The number of aliphatic hydroxyl groups is 10. The van der Waals surface area contributed by atoms with Gasteiger partial charge in [-0.3, -0.25) is 47.9 Å². The lowest BCUT2D eigenvalue weighted by Gasteiger charge is -2.42. The van der Waals surface area contributed by atoms with Crippen LogP contribution in [-0.4, -0.2) is 306 Å². The van der Waals surface area contributed by atoms with E-state index in [0.29, 0.717) is 122 Å². The summed E-state index contributed by atoms with van der Waals surface area (Å²) in [6.07, 6.45) is 2.94. The molecular weight excluding hydrogens is 1500 g/mol. The molecule has 3 heterocycles. The molecule has 0 aromatic rings. The van der Waals surface area contributed by atoms with Gasteiger partial charge in [0.05, 0.1) is 65.1 Å². The number of Topliss-reactive ketones (excluding diaryl/α,β-unsaturated/α-hetero) is 4. The lowest BCUT2D eigenvalue weighted by Crippen LogP contribution is -2.64. The van der Waals surface area contributed by atoms with E-state index in [9.17, 15) is 99.0 Å². The van der Waals surface area contributed by atoms with E-state index in [-0.39, 0.29) is 145 Å². The Hall–Kier alpha value is -5.26. The number of rotatable bonds is 65. The van der Waals surface area contributed by atoms with Crippen LogP contribution in [0.1, 0.15) is 241 Å². The normalized spacial score (nSPS) is 24.0. The van der Waals surface area contributed by atoms with E-state index < -0.39 is 135 Å². The molecule has 0 radical (unpaired) electrons. The van der Waals surface area contributed by atoms with Crippen LogP contribution in [-0.2, 0) is 90.6 Å². The average molecular weight is 1640 g/mol. The fourth-order valence-electron chi connectivity index (χ4n) is 12.7. The third kappa shape index (κ3) is 46.2. The lowest BCUT2D eigenvalue weighted by atomic mass is 9.92. The molecule has 0 bridgehead atoms. The van der Waals surface area contributed by atoms with E-state index in [1.165, 1.54) is 13.8 Å². The summed E-state index contributed by atoms with van der Waals surface area (Å²) in [5, 5.41) is 116. The third-order valence-electron chi connectivity index (χ3n) is 19.5. The van der Waals surface area contributed by atoms with Crippen LogP contribution in [0.3, 0.4) is 0 Å². The highest BCUT2D eigenvalue weighted by Gasteiger charge is 2.47. The van der Waals surface area contributed by atoms with Crippen LogP contribution in [0.4, 0.5) is 0 Å². The smallest absolute Gasteiger partial charge is 0.222 e. The zero-order chi connectivity index (χ0) is 84.6. The Morgan fingerprint density at radius 2 is 0.728 bits per heavy atom. The maximum atomic E-state index is 13.2. The first-order valence-corrected chi connectivity index (χ1v) is 41.4. The molecule has 0 aromatic heterocycles. The molecule has 16 atom stereocenters. The molecule has 0 saturated carbocycles. The number of nitrogens with one attached hydrogen (secondary N) is 6. The number of aliphatic hydroxyl groups excluding tert-OH is 10. The monoisotopic (exact) mass is 1640 g/mol. The molecule has 35 heteroatoms. The van der Waals surface area contributed by atoms with E-state index in [2.05, 4.69) is 31.9 Å².